The molecule has 4 atom stereocenters. The zero-order valence-corrected chi connectivity index (χ0v) is 83.1. The van der Waals surface area contributed by atoms with E-state index in [9.17, 15) is 4.79 Å². The van der Waals surface area contributed by atoms with Crippen molar-refractivity contribution in [3.8, 4) is 56.3 Å². The van der Waals surface area contributed by atoms with E-state index < -0.39 is 0 Å². The van der Waals surface area contributed by atoms with Crippen molar-refractivity contribution in [2.45, 2.75) is 220 Å². The summed E-state index contributed by atoms with van der Waals surface area (Å²) in [5, 5.41) is 44.0. The Balaban J connectivity index is 0.000000108. The van der Waals surface area contributed by atoms with Crippen LogP contribution in [0.5, 0.6) is 0 Å². The molecule has 5 aliphatic carbocycles. The van der Waals surface area contributed by atoms with E-state index in [2.05, 4.69) is 243 Å². The molecule has 24 rings (SSSR count). The molecule has 27 nitrogen and oxygen atoms in total. The van der Waals surface area contributed by atoms with Gasteiger partial charge in [0.15, 0.2) is 0 Å². The van der Waals surface area contributed by atoms with Gasteiger partial charge in [0, 0.05) is 164 Å². The lowest BCUT2D eigenvalue weighted by atomic mass is 9.64. The third-order valence-electron chi connectivity index (χ3n) is 32.7. The van der Waals surface area contributed by atoms with E-state index in [0.717, 1.165) is 235 Å². The fourth-order valence-corrected chi connectivity index (χ4v) is 24.9. The smallest absolute Gasteiger partial charge is 0.409 e. The number of hydrogen-bond donors (Lipinski definition) is 11. The lowest BCUT2D eigenvalue weighted by Crippen LogP contribution is -2.43. The molecule has 141 heavy (non-hydrogen) atoms. The molecular weight excluding hydrogens is 1760 g/mol. The Hall–Kier alpha value is -11.4. The molecular formula is C114H144N22O5. The molecule has 6 aromatic carbocycles. The Morgan fingerprint density at radius 3 is 1.20 bits per heavy atom. The second-order valence-electron chi connectivity index (χ2n) is 41.8. The highest BCUT2D eigenvalue weighted by molar-refractivity contribution is 5.78. The first-order valence-corrected chi connectivity index (χ1v) is 52.8. The van der Waals surface area contributed by atoms with Crippen molar-refractivity contribution in [3.05, 3.63) is 244 Å². The number of aromatic nitrogens is 10. The van der Waals surface area contributed by atoms with Crippen LogP contribution >= 0.6 is 0 Å². The van der Waals surface area contributed by atoms with Crippen LogP contribution in [0.1, 0.15) is 191 Å². The first-order valence-electron chi connectivity index (χ1n) is 52.8. The molecule has 0 radical (unpaired) electrons. The number of aliphatic hydroxyl groups excluding tert-OH is 1. The molecule has 8 fully saturated rings. The van der Waals surface area contributed by atoms with Gasteiger partial charge < -0.3 is 77.4 Å². The van der Waals surface area contributed by atoms with Gasteiger partial charge in [0.2, 0.25) is 29.7 Å². The molecule has 4 unspecified atom stereocenters. The molecule has 5 aromatic heterocycles. The van der Waals surface area contributed by atoms with Gasteiger partial charge in [-0.25, -0.2) is 54.6 Å². The number of hydrogen-bond acceptors (Lipinski definition) is 26. The normalized spacial score (nSPS) is 20.6. The molecule has 13 heterocycles. The van der Waals surface area contributed by atoms with Gasteiger partial charge in [-0.1, -0.05) is 166 Å². The van der Waals surface area contributed by atoms with Crippen LogP contribution < -0.4 is 53.2 Å². The molecule has 0 saturated carbocycles. The largest absolute Gasteiger partial charge is 0.450 e. The lowest BCUT2D eigenvalue weighted by Gasteiger charge is -2.42. The van der Waals surface area contributed by atoms with E-state index in [1.165, 1.54) is 140 Å². The summed E-state index contributed by atoms with van der Waals surface area (Å²) in [5.74, 6) is 3.85. The number of ether oxygens (including phenoxy) is 3. The number of aliphatic hydroxyl groups is 1. The monoisotopic (exact) mass is 1900 g/mol. The van der Waals surface area contributed by atoms with Gasteiger partial charge in [-0.3, -0.25) is 4.90 Å². The van der Waals surface area contributed by atoms with Crippen molar-refractivity contribution >= 4 is 35.8 Å². The number of likely N-dealkylation sites (tertiary alicyclic amines) is 2. The van der Waals surface area contributed by atoms with Crippen LogP contribution in [0.15, 0.2) is 183 Å². The first kappa shape index (κ1) is 97.1. The molecule has 27 heteroatoms. The summed E-state index contributed by atoms with van der Waals surface area (Å²) in [6.07, 6.45) is 34.2. The van der Waals surface area contributed by atoms with E-state index in [1.54, 1.807) is 12.0 Å². The maximum Gasteiger partial charge on any atom is 0.409 e. The number of nitrogens with one attached hydrogen (secondary N) is 10. The van der Waals surface area contributed by atoms with Crippen molar-refractivity contribution in [2.24, 2.45) is 5.92 Å². The molecule has 13 aliphatic rings. The molecule has 8 aliphatic heterocycles. The van der Waals surface area contributed by atoms with Crippen LogP contribution in [0.25, 0.3) is 56.3 Å². The van der Waals surface area contributed by atoms with Crippen molar-refractivity contribution < 1.29 is 24.1 Å². The number of amides is 1. The number of rotatable bonds is 20. The Morgan fingerprint density at radius 1 is 0.454 bits per heavy atom. The molecule has 11 aromatic rings. The van der Waals surface area contributed by atoms with Crippen LogP contribution in [0.4, 0.5) is 34.5 Å². The topological polar surface area (TPSA) is 321 Å². The van der Waals surface area contributed by atoms with Gasteiger partial charge in [0.25, 0.3) is 0 Å². The summed E-state index contributed by atoms with van der Waals surface area (Å²) < 4.78 is 16.1. The number of piperidine rings is 6. The molecule has 11 N–H and O–H groups in total. The van der Waals surface area contributed by atoms with Crippen molar-refractivity contribution in [3.63, 3.8) is 0 Å². The van der Waals surface area contributed by atoms with Crippen LogP contribution in [-0.4, -0.2) is 233 Å². The van der Waals surface area contributed by atoms with Gasteiger partial charge >= 0.3 is 6.09 Å². The minimum atomic E-state index is -0.213. The highest BCUT2D eigenvalue weighted by atomic mass is 16.6. The van der Waals surface area contributed by atoms with Crippen molar-refractivity contribution in [1.29, 1.82) is 0 Å². The van der Waals surface area contributed by atoms with Gasteiger partial charge in [-0.15, -0.1) is 0 Å². The van der Waals surface area contributed by atoms with Gasteiger partial charge in [-0.2, -0.15) is 0 Å². The Bertz CT molecular complexity index is 6060. The minimum Gasteiger partial charge on any atom is -0.450 e. The maximum absolute atomic E-state index is 11.9. The summed E-state index contributed by atoms with van der Waals surface area (Å²) in [5.41, 5.74) is 28.1. The Kier molecular flexibility index (Phi) is 30.7. The number of carbonyl (C=O) groups excluding carboxylic acids is 1. The van der Waals surface area contributed by atoms with E-state index in [0.29, 0.717) is 62.2 Å². The fraction of sp³-hybridized carbons (Fsp3) is 0.500. The van der Waals surface area contributed by atoms with Gasteiger partial charge in [0.1, 0.15) is 0 Å². The number of fused-ring (bicyclic) bond motifs is 20. The van der Waals surface area contributed by atoms with Crippen molar-refractivity contribution in [2.75, 3.05) is 165 Å². The third kappa shape index (κ3) is 21.7. The van der Waals surface area contributed by atoms with Crippen LogP contribution in [-0.2, 0) is 79.9 Å². The highest BCUT2D eigenvalue weighted by Crippen LogP contribution is 2.53. The molecule has 5 spiro atoms. The summed E-state index contributed by atoms with van der Waals surface area (Å²) in [4.78, 5) is 64.1. The standard InChI is InChI=1S/C27H31N5.C24H31N5O2.C21H26N4O.2C21H28N4O/c1-2-6-20(7-3-1)18-32-15-10-22(19-32)30-26-29-17-21-16-27(11-13-28-14-12-27)24-9-5-4-8-23(24)25(21)31-26;1-2-31-23(30)29-13-7-18(8-14-29)27-22-26-16-17-15-24(9-11-25-12-10-24)20-6-4-3-5-19(20)21(17)28-22;1-2-6-18-17(5-1)19-15(12-21(18)7-9-22-10-8-21)13-23-20(25-19)24-14-16-4-3-11-26-16;1-15(14-26)6-9-23-20-24-13-16-12-21(7-10-22-11-8-21)18-5-3-2-4-17(18)19(16)25-20;1-3-16(14-26-2)24-20-23-13-15-12-21(8-10-22-11-9-21)18-7-5-4-6-17(18)19(15)25-20/h1-9,17,22,28H,10-16,18-19H2,(H,29,30,31);3-6,16,18,25H,2,7-15H2,1H3,(H,26,27,28);1-2,5-6,13,16,22H,3-4,7-12,14H2,(H,23,24,25);2-5,13,15,22,26H,6-12,14H2,1H3,(H,23,24,25);4-7,13,16,22H,3,8-12,14H2,1-2H3,(H,23,24,25). The maximum atomic E-state index is 11.9. The van der Waals surface area contributed by atoms with E-state index in [-0.39, 0.29) is 51.9 Å². The average molecular weight is 1900 g/mol. The molecule has 0 bridgehead atoms. The summed E-state index contributed by atoms with van der Waals surface area (Å²) in [6.45, 7) is 25.1. The average Bonchev–Trinajstić information content (AvgIpc) is 1.52. The zero-order chi connectivity index (χ0) is 96.0. The number of nitrogens with zero attached hydrogens (tertiary/aromatic N) is 12. The molecule has 8 saturated heterocycles. The number of carbonyl (C=O) groups is 1. The summed E-state index contributed by atoms with van der Waals surface area (Å²) >= 11 is 0. The second-order valence-corrected chi connectivity index (χ2v) is 41.8. The quantitative estimate of drug-likeness (QED) is 0.0338. The van der Waals surface area contributed by atoms with Crippen LogP contribution in [0.3, 0.4) is 0 Å². The fourth-order valence-electron chi connectivity index (χ4n) is 24.9. The first-order chi connectivity index (χ1) is 69.3. The third-order valence-corrected chi connectivity index (χ3v) is 32.7. The highest BCUT2D eigenvalue weighted by Gasteiger charge is 2.47. The van der Waals surface area contributed by atoms with Crippen molar-refractivity contribution in [1.82, 2.24) is 86.2 Å². The van der Waals surface area contributed by atoms with Gasteiger partial charge in [-0.05, 0) is 281 Å². The SMILES string of the molecule is CC(CO)CCNc1ncc2c(n1)-c1ccccc1C1(CCNCC1)C2.CCC(COC)Nc1ncc2c(n1)-c1ccccc1C1(CCNCC1)C2.CCOC(=O)N1CCC(Nc2ncc3c(n2)-c2ccccc2C2(CCNCC2)C3)CC1.c1ccc(CN2CCC(Nc3ncc4c(n3)-c3ccccc3C3(CCNCC3)C4)C2)cc1.c1ccc2c(c1)-c1nc(NCC3CCCO3)ncc1CC21CCNCC1. The predicted molar refractivity (Wildman–Crippen MR) is 560 cm³/mol. The van der Waals surface area contributed by atoms with E-state index in [1.807, 2.05) is 38.6 Å². The minimum absolute atomic E-state index is 0.201. The Morgan fingerprint density at radius 2 is 0.816 bits per heavy atom. The number of methoxy groups -OCH3 is 1. The van der Waals surface area contributed by atoms with Crippen LogP contribution in [0, 0.1) is 5.92 Å². The van der Waals surface area contributed by atoms with E-state index in [4.69, 9.17) is 49.2 Å². The second kappa shape index (κ2) is 44.6. The molecule has 1 amide bonds. The molecule has 740 valence electrons. The zero-order valence-electron chi connectivity index (χ0n) is 83.1. The van der Waals surface area contributed by atoms with Gasteiger partial charge in [0.05, 0.1) is 53.8 Å². The summed E-state index contributed by atoms with van der Waals surface area (Å²) in [7, 11) is 1.73. The lowest BCUT2D eigenvalue weighted by molar-refractivity contribution is 0.0983. The summed E-state index contributed by atoms with van der Waals surface area (Å²) in [6, 6.07) is 55.8. The number of benzene rings is 6. The number of anilines is 5. The van der Waals surface area contributed by atoms with E-state index >= 15 is 0 Å². The Labute approximate surface area is 832 Å². The van der Waals surface area contributed by atoms with Crippen LogP contribution in [0.2, 0.25) is 0 Å². The predicted octanol–water partition coefficient (Wildman–Crippen LogP) is 16.2.